The number of methoxy groups -OCH3 is 1. The molecule has 0 atom stereocenters. The lowest BCUT2D eigenvalue weighted by Crippen LogP contribution is -2.45. The number of ether oxygens (including phenoxy) is 1. The minimum Gasteiger partial charge on any atom is -0.383 e. The van der Waals surface area contributed by atoms with E-state index >= 15 is 0 Å². The van der Waals surface area contributed by atoms with Crippen LogP contribution in [0.4, 0.5) is 11.5 Å². The van der Waals surface area contributed by atoms with E-state index in [1.165, 1.54) is 6.42 Å². The Kier molecular flexibility index (Phi) is 3.16. The third-order valence-corrected chi connectivity index (χ3v) is 3.39. The number of nitriles is 1. The predicted octanol–water partition coefficient (Wildman–Crippen LogP) is 1.52. The molecule has 3 N–H and O–H groups in total. The van der Waals surface area contributed by atoms with Crippen LogP contribution in [-0.2, 0) is 4.74 Å². The number of nitrogen functional groups attached to an aromatic ring is 1. The SMILES string of the molecule is COC1(CNc2ccnc(N)c2C#N)CCC1. The Morgan fingerprint density at radius 1 is 1.65 bits per heavy atom. The summed E-state index contributed by atoms with van der Waals surface area (Å²) in [4.78, 5) is 3.89. The van der Waals surface area contributed by atoms with Gasteiger partial charge in [-0.1, -0.05) is 0 Å². The molecule has 1 aromatic heterocycles. The lowest BCUT2D eigenvalue weighted by atomic mass is 9.80. The molecule has 0 aliphatic heterocycles. The van der Waals surface area contributed by atoms with Gasteiger partial charge in [-0.2, -0.15) is 5.26 Å². The van der Waals surface area contributed by atoms with Gasteiger partial charge in [-0.25, -0.2) is 4.98 Å². The third kappa shape index (κ3) is 2.17. The van der Waals surface area contributed by atoms with E-state index in [-0.39, 0.29) is 11.4 Å². The number of anilines is 2. The molecule has 1 fully saturated rings. The molecular weight excluding hydrogens is 216 g/mol. The summed E-state index contributed by atoms with van der Waals surface area (Å²) in [5.74, 6) is 0.262. The molecule has 2 rings (SSSR count). The van der Waals surface area contributed by atoms with Gasteiger partial charge < -0.3 is 15.8 Å². The average Bonchev–Trinajstić information content (AvgIpc) is 2.28. The number of aromatic nitrogens is 1. The summed E-state index contributed by atoms with van der Waals surface area (Å²) in [6.45, 7) is 0.696. The molecule has 0 radical (unpaired) electrons. The van der Waals surface area contributed by atoms with E-state index in [0.29, 0.717) is 12.1 Å². The highest BCUT2D eigenvalue weighted by Gasteiger charge is 2.36. The van der Waals surface area contributed by atoms with Gasteiger partial charge in [0.05, 0.1) is 11.3 Å². The van der Waals surface area contributed by atoms with Gasteiger partial charge in [0.25, 0.3) is 0 Å². The van der Waals surface area contributed by atoms with Crippen LogP contribution in [0.2, 0.25) is 0 Å². The first kappa shape index (κ1) is 11.7. The van der Waals surface area contributed by atoms with Crippen molar-refractivity contribution in [3.63, 3.8) is 0 Å². The van der Waals surface area contributed by atoms with Crippen molar-refractivity contribution in [2.24, 2.45) is 0 Å². The van der Waals surface area contributed by atoms with Crippen molar-refractivity contribution >= 4 is 11.5 Å². The van der Waals surface area contributed by atoms with E-state index in [9.17, 15) is 0 Å². The largest absolute Gasteiger partial charge is 0.383 e. The summed E-state index contributed by atoms with van der Waals surface area (Å²) in [7, 11) is 1.73. The number of pyridine rings is 1. The molecule has 90 valence electrons. The maximum atomic E-state index is 9.02. The Morgan fingerprint density at radius 2 is 2.41 bits per heavy atom. The van der Waals surface area contributed by atoms with E-state index < -0.39 is 0 Å². The van der Waals surface area contributed by atoms with Gasteiger partial charge in [-0.05, 0) is 25.3 Å². The molecule has 0 amide bonds. The van der Waals surface area contributed by atoms with Gasteiger partial charge in [0, 0.05) is 19.9 Å². The van der Waals surface area contributed by atoms with Crippen molar-refractivity contribution in [1.29, 1.82) is 5.26 Å². The average molecular weight is 232 g/mol. The Bertz CT molecular complexity index is 443. The standard InChI is InChI=1S/C12H16N4O/c1-17-12(4-2-5-12)8-16-10-3-6-15-11(14)9(10)7-13/h3,6H,2,4-5,8H2,1H3,(H3,14,15,16). The molecule has 1 aromatic rings. The van der Waals surface area contributed by atoms with Crippen molar-refractivity contribution in [1.82, 2.24) is 4.98 Å². The van der Waals surface area contributed by atoms with Gasteiger partial charge in [-0.15, -0.1) is 0 Å². The van der Waals surface area contributed by atoms with Crippen molar-refractivity contribution in [2.75, 3.05) is 24.7 Å². The fourth-order valence-corrected chi connectivity index (χ4v) is 2.02. The van der Waals surface area contributed by atoms with Crippen molar-refractivity contribution in [2.45, 2.75) is 24.9 Å². The summed E-state index contributed by atoms with van der Waals surface area (Å²) in [6, 6.07) is 3.82. The topological polar surface area (TPSA) is 84.0 Å². The van der Waals surface area contributed by atoms with E-state index in [0.717, 1.165) is 18.5 Å². The second kappa shape index (κ2) is 4.60. The number of nitrogens with one attached hydrogen (secondary N) is 1. The predicted molar refractivity (Wildman–Crippen MR) is 65.4 cm³/mol. The number of nitrogens with two attached hydrogens (primary N) is 1. The molecule has 1 aliphatic rings. The number of hydrogen-bond acceptors (Lipinski definition) is 5. The molecular formula is C12H16N4O. The van der Waals surface area contributed by atoms with E-state index in [1.54, 1.807) is 19.4 Å². The molecule has 1 heterocycles. The number of nitrogens with zero attached hydrogens (tertiary/aromatic N) is 2. The first-order valence-electron chi connectivity index (χ1n) is 5.64. The molecule has 17 heavy (non-hydrogen) atoms. The Balaban J connectivity index is 2.09. The van der Waals surface area contributed by atoms with Crippen LogP contribution in [0.15, 0.2) is 12.3 Å². The van der Waals surface area contributed by atoms with Crippen LogP contribution >= 0.6 is 0 Å². The minimum absolute atomic E-state index is 0.0786. The van der Waals surface area contributed by atoms with Crippen LogP contribution in [0.5, 0.6) is 0 Å². The highest BCUT2D eigenvalue weighted by molar-refractivity contribution is 5.66. The molecule has 1 saturated carbocycles. The summed E-state index contributed by atoms with van der Waals surface area (Å²) in [6.07, 6.45) is 4.90. The van der Waals surface area contributed by atoms with E-state index in [2.05, 4.69) is 16.4 Å². The minimum atomic E-state index is -0.0786. The van der Waals surface area contributed by atoms with Gasteiger partial charge in [0.15, 0.2) is 0 Å². The summed E-state index contributed by atoms with van der Waals surface area (Å²) < 4.78 is 5.51. The second-order valence-electron chi connectivity index (χ2n) is 4.32. The number of hydrogen-bond donors (Lipinski definition) is 2. The quantitative estimate of drug-likeness (QED) is 0.822. The molecule has 0 unspecified atom stereocenters. The van der Waals surface area contributed by atoms with E-state index in [4.69, 9.17) is 15.7 Å². The summed E-state index contributed by atoms with van der Waals surface area (Å²) in [5.41, 5.74) is 6.69. The van der Waals surface area contributed by atoms with Crippen molar-refractivity contribution in [3.8, 4) is 6.07 Å². The molecule has 0 spiro atoms. The Hall–Kier alpha value is -1.80. The summed E-state index contributed by atoms with van der Waals surface area (Å²) in [5, 5.41) is 12.2. The normalized spacial score (nSPS) is 16.9. The van der Waals surface area contributed by atoms with Gasteiger partial charge in [-0.3, -0.25) is 0 Å². The molecule has 1 aliphatic carbocycles. The zero-order valence-electron chi connectivity index (χ0n) is 9.86. The molecule has 5 nitrogen and oxygen atoms in total. The van der Waals surface area contributed by atoms with Crippen molar-refractivity contribution in [3.05, 3.63) is 17.8 Å². The fraction of sp³-hybridized carbons (Fsp3) is 0.500. The monoisotopic (exact) mass is 232 g/mol. The van der Waals surface area contributed by atoms with Crippen LogP contribution in [0.3, 0.4) is 0 Å². The highest BCUT2D eigenvalue weighted by atomic mass is 16.5. The third-order valence-electron chi connectivity index (χ3n) is 3.39. The van der Waals surface area contributed by atoms with Gasteiger partial charge in [0.2, 0.25) is 0 Å². The van der Waals surface area contributed by atoms with Gasteiger partial charge in [0.1, 0.15) is 17.5 Å². The second-order valence-corrected chi connectivity index (χ2v) is 4.32. The summed E-state index contributed by atoms with van der Waals surface area (Å²) >= 11 is 0. The van der Waals surface area contributed by atoms with Crippen LogP contribution in [0, 0.1) is 11.3 Å². The van der Waals surface area contributed by atoms with Crippen LogP contribution in [-0.4, -0.2) is 24.2 Å². The highest BCUT2D eigenvalue weighted by Crippen LogP contribution is 2.35. The van der Waals surface area contributed by atoms with Crippen LogP contribution < -0.4 is 11.1 Å². The maximum absolute atomic E-state index is 9.02. The molecule has 5 heteroatoms. The molecule has 0 saturated heterocycles. The van der Waals surface area contributed by atoms with Crippen LogP contribution in [0.25, 0.3) is 0 Å². The number of rotatable bonds is 4. The zero-order chi connectivity index (χ0) is 12.3. The van der Waals surface area contributed by atoms with Gasteiger partial charge >= 0.3 is 0 Å². The fourth-order valence-electron chi connectivity index (χ4n) is 2.02. The van der Waals surface area contributed by atoms with E-state index in [1.807, 2.05) is 0 Å². The Morgan fingerprint density at radius 3 is 2.94 bits per heavy atom. The smallest absolute Gasteiger partial charge is 0.143 e. The zero-order valence-corrected chi connectivity index (χ0v) is 9.86. The molecule has 0 bridgehead atoms. The van der Waals surface area contributed by atoms with Crippen LogP contribution in [0.1, 0.15) is 24.8 Å². The van der Waals surface area contributed by atoms with Crippen molar-refractivity contribution < 1.29 is 4.74 Å². The maximum Gasteiger partial charge on any atom is 0.143 e. The first-order chi connectivity index (χ1) is 8.21. The lowest BCUT2D eigenvalue weighted by Gasteiger charge is -2.40. The lowest BCUT2D eigenvalue weighted by molar-refractivity contribution is -0.0601. The Labute approximate surface area is 101 Å². The molecule has 0 aromatic carbocycles. The first-order valence-corrected chi connectivity index (χ1v) is 5.64.